The zero-order valence-corrected chi connectivity index (χ0v) is 60.2. The molecule has 3 amide bonds. The minimum Gasteiger partial charge on any atom is -0.449 e. The zero-order valence-electron chi connectivity index (χ0n) is 60.2. The minimum absolute atomic E-state index is 0.114. The predicted octanol–water partition coefficient (Wildman–Crippen LogP) is 14.2. The number of hydrogen-bond acceptors (Lipinski definition) is 15. The highest BCUT2D eigenvalue weighted by atomic mass is 19.1. The number of aromatic amines is 2. The van der Waals surface area contributed by atoms with E-state index >= 15 is 0 Å². The topological polar surface area (TPSA) is 248 Å². The second-order valence-corrected chi connectivity index (χ2v) is 27.1. The van der Waals surface area contributed by atoms with E-state index in [9.17, 15) is 27.6 Å². The molecule has 26 heteroatoms. The molecule has 0 saturated carbocycles. The maximum absolute atomic E-state index is 13.5. The number of H-pyrrole nitrogens is 2. The summed E-state index contributed by atoms with van der Waals surface area (Å²) in [5, 5.41) is 15.5. The van der Waals surface area contributed by atoms with E-state index in [-0.39, 0.29) is 59.1 Å². The number of amides is 3. The van der Waals surface area contributed by atoms with Crippen molar-refractivity contribution in [3.63, 3.8) is 0 Å². The summed E-state index contributed by atoms with van der Waals surface area (Å²) >= 11 is 0. The third-order valence-corrected chi connectivity index (χ3v) is 18.8. The Morgan fingerprint density at radius 3 is 1.08 bits per heavy atom. The van der Waals surface area contributed by atoms with Gasteiger partial charge in [-0.3, -0.25) is 14.4 Å². The monoisotopic (exact) mass is 1430 g/mol. The van der Waals surface area contributed by atoms with Gasteiger partial charge in [0.1, 0.15) is 45.9 Å². The van der Waals surface area contributed by atoms with Gasteiger partial charge < -0.3 is 74.3 Å². The fourth-order valence-electron chi connectivity index (χ4n) is 12.9. The smallest absolute Gasteiger partial charge is 0.291 e. The summed E-state index contributed by atoms with van der Waals surface area (Å²) in [6.45, 7) is 24.1. The molecule has 15 rings (SSSR count). The van der Waals surface area contributed by atoms with Crippen molar-refractivity contribution in [2.75, 3.05) is 116 Å². The number of hydrogen-bond donors (Lipinski definition) is 7. The first-order valence-electron chi connectivity index (χ1n) is 35.7. The third-order valence-electron chi connectivity index (χ3n) is 18.8. The number of likely N-dealkylation sites (N-methyl/N-ethyl adjacent to an activating group) is 1. The molecule has 0 bridgehead atoms. The number of benzene rings is 6. The second-order valence-electron chi connectivity index (χ2n) is 27.1. The van der Waals surface area contributed by atoms with Crippen LogP contribution in [0.5, 0.6) is 0 Å². The number of aromatic nitrogens is 10. The predicted molar refractivity (Wildman–Crippen MR) is 410 cm³/mol. The van der Waals surface area contributed by atoms with Gasteiger partial charge in [0.2, 0.25) is 0 Å². The molecule has 3 fully saturated rings. The Bertz CT molecular complexity index is 4720. The fourth-order valence-corrected chi connectivity index (χ4v) is 12.9. The van der Waals surface area contributed by atoms with Crippen LogP contribution in [0, 0.1) is 17.5 Å². The number of piperazine rings is 3. The number of carbonyl (C=O) groups is 3. The van der Waals surface area contributed by atoms with Gasteiger partial charge in [-0.2, -0.15) is 0 Å². The SMILES string of the molecule is CC(C)n1cnc(-c2ccc(F)cc2)c1-c1ccc(C(=O)Nc2ccc(N3CCN(C)CC3)cc2)o1.CC(C)n1cnc(-c2ccc(F)cc2)c1-c1ncc(C(=O)Nc2ccc(N3CCNCC3)cc2)[nH]1.CC(C)n1cnc(-c2ccc(F)cc2)c1-c1ncc(C(=O)Nc2ccc(N3CCNCC3)cc2)[nH]1. The van der Waals surface area contributed by atoms with Crippen LogP contribution >= 0.6 is 0 Å². The van der Waals surface area contributed by atoms with Gasteiger partial charge in [0.25, 0.3) is 17.7 Å². The molecule has 106 heavy (non-hydrogen) atoms. The third kappa shape index (κ3) is 17.0. The van der Waals surface area contributed by atoms with Gasteiger partial charge >= 0.3 is 0 Å². The van der Waals surface area contributed by atoms with Crippen LogP contribution in [0.15, 0.2) is 194 Å². The molecule has 0 aliphatic carbocycles. The van der Waals surface area contributed by atoms with Gasteiger partial charge in [-0.1, -0.05) is 0 Å². The van der Waals surface area contributed by atoms with Gasteiger partial charge in [-0.05, 0) is 206 Å². The molecule has 3 saturated heterocycles. The van der Waals surface area contributed by atoms with Gasteiger partial charge in [-0.15, -0.1) is 0 Å². The van der Waals surface area contributed by atoms with Crippen LogP contribution in [0.25, 0.3) is 68.3 Å². The van der Waals surface area contributed by atoms with Crippen molar-refractivity contribution in [1.29, 1.82) is 0 Å². The van der Waals surface area contributed by atoms with Crippen LogP contribution in [0.3, 0.4) is 0 Å². The van der Waals surface area contributed by atoms with Gasteiger partial charge in [-0.25, -0.2) is 38.1 Å². The van der Waals surface area contributed by atoms with Crippen molar-refractivity contribution < 1.29 is 32.0 Å². The van der Waals surface area contributed by atoms with Crippen molar-refractivity contribution in [3.05, 3.63) is 224 Å². The van der Waals surface area contributed by atoms with E-state index in [1.54, 1.807) is 67.5 Å². The Labute approximate surface area is 613 Å². The molecule has 0 spiro atoms. The summed E-state index contributed by atoms with van der Waals surface area (Å²) in [5.41, 5.74) is 12.8. The molecule has 3 aliphatic heterocycles. The largest absolute Gasteiger partial charge is 0.449 e. The van der Waals surface area contributed by atoms with Gasteiger partial charge in [0.05, 0.1) is 48.5 Å². The van der Waals surface area contributed by atoms with Crippen LogP contribution < -0.4 is 41.3 Å². The van der Waals surface area contributed by atoms with E-state index in [0.29, 0.717) is 62.9 Å². The molecule has 3 aliphatic rings. The zero-order chi connectivity index (χ0) is 74.0. The Hall–Kier alpha value is -11.9. The average molecular weight is 1430 g/mol. The highest BCUT2D eigenvalue weighted by Crippen LogP contribution is 2.37. The second kappa shape index (κ2) is 32.8. The van der Waals surface area contributed by atoms with Crippen LogP contribution in [0.2, 0.25) is 0 Å². The molecule has 9 heterocycles. The first kappa shape index (κ1) is 72.5. The fraction of sp³-hybridized carbons (Fsp3) is 0.275. The normalized spacial score (nSPS) is 14.1. The lowest BCUT2D eigenvalue weighted by Crippen LogP contribution is -2.44. The minimum atomic E-state index is -0.326. The summed E-state index contributed by atoms with van der Waals surface area (Å²) in [7, 11) is 2.14. The number of anilines is 6. The van der Waals surface area contributed by atoms with Crippen molar-refractivity contribution in [1.82, 2.24) is 64.1 Å². The van der Waals surface area contributed by atoms with E-state index < -0.39 is 0 Å². The first-order valence-corrected chi connectivity index (χ1v) is 35.7. The molecule has 546 valence electrons. The van der Waals surface area contributed by atoms with Crippen LogP contribution in [0.4, 0.5) is 47.3 Å². The summed E-state index contributed by atoms with van der Waals surface area (Å²) in [5.74, 6) is -0.0387. The lowest BCUT2D eigenvalue weighted by molar-refractivity contribution is 0.0994. The Balaban J connectivity index is 0.000000141. The lowest BCUT2D eigenvalue weighted by atomic mass is 10.1. The van der Waals surface area contributed by atoms with E-state index in [4.69, 9.17) is 4.42 Å². The highest BCUT2D eigenvalue weighted by Gasteiger charge is 2.26. The molecule has 7 N–H and O–H groups in total. The van der Waals surface area contributed by atoms with Gasteiger partial charge in [0, 0.05) is 147 Å². The first-order chi connectivity index (χ1) is 51.4. The standard InChI is InChI=1S/C28H30FN5O2.2C26H28FN7O/c1-19(2)34-18-30-26(20-4-6-21(29)7-5-20)27(34)24-12-13-25(36-24)28(35)31-22-8-10-23(11-9-22)33-16-14-32(3)15-17-33;2*1-17(2)34-16-30-23(18-3-5-19(27)6-4-18)24(34)25-29-15-22(32-25)26(35)31-20-7-9-21(10-8-20)33-13-11-28-12-14-33/h4-13,18-19H,14-17H2,1-3H3,(H,31,35);2*3-10,15-17,28H,11-14H2,1-2H3,(H,29,32)(H,31,35). The molecule has 6 aromatic heterocycles. The summed E-state index contributed by atoms with van der Waals surface area (Å²) in [6, 6.07) is 46.0. The number of nitrogens with zero attached hydrogens (tertiary/aromatic N) is 12. The molecule has 23 nitrogen and oxygen atoms in total. The Morgan fingerprint density at radius 2 is 0.726 bits per heavy atom. The summed E-state index contributed by atoms with van der Waals surface area (Å²) in [6.07, 6.45) is 8.25. The molecule has 6 aromatic carbocycles. The number of imidazole rings is 5. The van der Waals surface area contributed by atoms with Crippen molar-refractivity contribution in [2.24, 2.45) is 0 Å². The van der Waals surface area contributed by atoms with E-state index in [1.807, 2.05) is 128 Å². The summed E-state index contributed by atoms with van der Waals surface area (Å²) in [4.78, 5) is 77.0. The Kier molecular flexibility index (Phi) is 22.5. The lowest BCUT2D eigenvalue weighted by Gasteiger charge is -2.34. The van der Waals surface area contributed by atoms with Crippen molar-refractivity contribution >= 4 is 51.8 Å². The van der Waals surface area contributed by atoms with Crippen molar-refractivity contribution in [3.8, 4) is 68.3 Å². The number of rotatable bonds is 18. The van der Waals surface area contributed by atoms with E-state index in [2.05, 4.69) is 88.1 Å². The van der Waals surface area contributed by atoms with Crippen LogP contribution in [-0.2, 0) is 0 Å². The van der Waals surface area contributed by atoms with Gasteiger partial charge in [0.15, 0.2) is 23.2 Å². The molecule has 0 atom stereocenters. The van der Waals surface area contributed by atoms with E-state index in [0.717, 1.165) is 129 Å². The number of furan rings is 1. The summed E-state index contributed by atoms with van der Waals surface area (Å²) < 4.78 is 52.3. The number of carbonyl (C=O) groups excluding carboxylic acids is 3. The van der Waals surface area contributed by atoms with E-state index in [1.165, 1.54) is 48.8 Å². The quantitative estimate of drug-likeness (QED) is 0.0422. The maximum Gasteiger partial charge on any atom is 0.291 e. The molecular formula is C80H86F3N19O4. The van der Waals surface area contributed by atoms with Crippen molar-refractivity contribution in [2.45, 2.75) is 59.7 Å². The molecular weight excluding hydrogens is 1350 g/mol. The number of halogens is 3. The van der Waals surface area contributed by atoms with Crippen LogP contribution in [-0.4, -0.2) is 157 Å². The molecule has 0 unspecified atom stereocenters. The molecule has 0 radical (unpaired) electrons. The Morgan fingerprint density at radius 1 is 0.396 bits per heavy atom. The maximum atomic E-state index is 13.5. The average Bonchev–Trinajstić information content (AvgIpc) is 1.64. The highest BCUT2D eigenvalue weighted by molar-refractivity contribution is 6.04. The molecule has 12 aromatic rings. The van der Waals surface area contributed by atoms with Crippen LogP contribution in [0.1, 0.15) is 91.2 Å². The number of nitrogens with one attached hydrogen (secondary N) is 7.